The van der Waals surface area contributed by atoms with E-state index in [1.807, 2.05) is 54.3 Å². The van der Waals surface area contributed by atoms with Crippen molar-refractivity contribution in [1.29, 1.82) is 0 Å². The molecule has 0 aliphatic heterocycles. The van der Waals surface area contributed by atoms with Crippen LogP contribution in [0.25, 0.3) is 33.5 Å². The summed E-state index contributed by atoms with van der Waals surface area (Å²) in [6.45, 7) is 2.15. The lowest BCUT2D eigenvalue weighted by Crippen LogP contribution is -2.26. The Morgan fingerprint density at radius 1 is 1.17 bits per heavy atom. The number of pyridine rings is 1. The van der Waals surface area contributed by atoms with Gasteiger partial charge < -0.3 is 4.74 Å². The molecule has 1 aliphatic carbocycles. The molecule has 4 aromatic heterocycles. The van der Waals surface area contributed by atoms with E-state index in [0.29, 0.717) is 5.75 Å². The lowest BCUT2D eigenvalue weighted by Gasteiger charge is -2.13. The van der Waals surface area contributed by atoms with E-state index in [9.17, 15) is 8.42 Å². The minimum Gasteiger partial charge on any atom is -0.494 e. The van der Waals surface area contributed by atoms with Crippen LogP contribution in [-0.2, 0) is 16.6 Å². The number of sulfonamides is 1. The third-order valence-corrected chi connectivity index (χ3v) is 8.11. The Morgan fingerprint density at radius 3 is 2.83 bits per heavy atom. The van der Waals surface area contributed by atoms with Gasteiger partial charge in [0.1, 0.15) is 11.4 Å². The zero-order valence-electron chi connectivity index (χ0n) is 19.2. The van der Waals surface area contributed by atoms with Gasteiger partial charge in [0.15, 0.2) is 5.65 Å². The Hall–Kier alpha value is -3.83. The van der Waals surface area contributed by atoms with Gasteiger partial charge in [0.05, 0.1) is 41.0 Å². The fourth-order valence-electron chi connectivity index (χ4n) is 4.18. The number of aryl methyl sites for hydroxylation is 1. The first-order valence-corrected chi connectivity index (χ1v) is 12.8. The maximum Gasteiger partial charge on any atom is 0.214 e. The third kappa shape index (κ3) is 3.82. The molecule has 1 aromatic carbocycles. The van der Waals surface area contributed by atoms with E-state index in [1.165, 1.54) is 0 Å². The van der Waals surface area contributed by atoms with Crippen LogP contribution >= 0.6 is 0 Å². The lowest BCUT2D eigenvalue weighted by atomic mass is 10.1. The van der Waals surface area contributed by atoms with Gasteiger partial charge in [-0.3, -0.25) is 4.98 Å². The van der Waals surface area contributed by atoms with E-state index in [1.54, 1.807) is 24.0 Å². The van der Waals surface area contributed by atoms with Crippen LogP contribution in [0.5, 0.6) is 5.75 Å². The average molecular weight is 490 g/mol. The molecule has 4 heterocycles. The number of ether oxygens (including phenoxy) is 1. The standard InChI is InChI=1S/C24H23N7O3S/c1-15-18-13-26-20(19-14-27-30-9-3-8-25-24(19)30)11-22(18)31(29-15)21-7-4-16(10-23(21)34-2)12-28-35(32,33)17-5-6-17/h3-4,7-11,13-14,17,28H,5-6,12H2,1-2H3. The molecule has 1 N–H and O–H groups in total. The summed E-state index contributed by atoms with van der Waals surface area (Å²) in [7, 11) is -1.67. The van der Waals surface area contributed by atoms with E-state index in [4.69, 9.17) is 9.84 Å². The molecule has 1 saturated carbocycles. The average Bonchev–Trinajstić information content (AvgIpc) is 3.58. The van der Waals surface area contributed by atoms with Crippen molar-refractivity contribution >= 4 is 26.6 Å². The van der Waals surface area contributed by atoms with Crippen LogP contribution in [0.15, 0.2) is 55.1 Å². The Morgan fingerprint density at radius 2 is 2.03 bits per heavy atom. The topological polar surface area (TPSA) is 116 Å². The number of nitrogens with one attached hydrogen (secondary N) is 1. The second kappa shape index (κ2) is 8.14. The first-order chi connectivity index (χ1) is 16.9. The van der Waals surface area contributed by atoms with Crippen LogP contribution in [0.3, 0.4) is 0 Å². The van der Waals surface area contributed by atoms with E-state index in [0.717, 1.165) is 57.6 Å². The molecular formula is C24H23N7O3S. The summed E-state index contributed by atoms with van der Waals surface area (Å²) in [5.74, 6) is 0.591. The molecule has 0 bridgehead atoms. The van der Waals surface area contributed by atoms with Gasteiger partial charge in [0, 0.05) is 30.5 Å². The van der Waals surface area contributed by atoms with Crippen LogP contribution in [0.2, 0.25) is 0 Å². The quantitative estimate of drug-likeness (QED) is 0.373. The highest BCUT2D eigenvalue weighted by atomic mass is 32.2. The molecule has 1 fully saturated rings. The minimum absolute atomic E-state index is 0.212. The van der Waals surface area contributed by atoms with Gasteiger partial charge in [0.2, 0.25) is 10.0 Å². The maximum atomic E-state index is 12.2. The van der Waals surface area contributed by atoms with Crippen molar-refractivity contribution in [3.05, 3.63) is 66.4 Å². The van der Waals surface area contributed by atoms with Crippen LogP contribution in [0.4, 0.5) is 0 Å². The molecule has 0 atom stereocenters. The zero-order valence-corrected chi connectivity index (χ0v) is 20.0. The summed E-state index contributed by atoms with van der Waals surface area (Å²) in [6.07, 6.45) is 8.59. The molecule has 0 unspecified atom stereocenters. The lowest BCUT2D eigenvalue weighted by molar-refractivity contribution is 0.411. The monoisotopic (exact) mass is 489 g/mol. The van der Waals surface area contributed by atoms with Crippen molar-refractivity contribution in [2.24, 2.45) is 0 Å². The number of fused-ring (bicyclic) bond motifs is 2. The molecule has 0 spiro atoms. The number of benzene rings is 1. The third-order valence-electron chi connectivity index (χ3n) is 6.22. The van der Waals surface area contributed by atoms with Gasteiger partial charge in [-0.2, -0.15) is 10.2 Å². The Kier molecular flexibility index (Phi) is 5.04. The largest absolute Gasteiger partial charge is 0.494 e. The zero-order chi connectivity index (χ0) is 24.2. The van der Waals surface area contributed by atoms with Crippen molar-refractivity contribution in [3.8, 4) is 22.7 Å². The normalized spacial score (nSPS) is 14.1. The van der Waals surface area contributed by atoms with Crippen LogP contribution in [0, 0.1) is 6.92 Å². The van der Waals surface area contributed by atoms with Gasteiger partial charge in [-0.1, -0.05) is 6.07 Å². The van der Waals surface area contributed by atoms with Crippen LogP contribution < -0.4 is 9.46 Å². The number of nitrogens with zero attached hydrogens (tertiary/aromatic N) is 6. The van der Waals surface area contributed by atoms with Crippen molar-refractivity contribution < 1.29 is 13.2 Å². The fraction of sp³-hybridized carbons (Fsp3) is 0.250. The van der Waals surface area contributed by atoms with Crippen LogP contribution in [-0.4, -0.2) is 50.1 Å². The molecule has 6 rings (SSSR count). The summed E-state index contributed by atoms with van der Waals surface area (Å²) >= 11 is 0. The van der Waals surface area contributed by atoms with E-state index >= 15 is 0 Å². The summed E-state index contributed by atoms with van der Waals surface area (Å²) < 4.78 is 36.3. The summed E-state index contributed by atoms with van der Waals surface area (Å²) in [6, 6.07) is 9.41. The number of hydrogen-bond donors (Lipinski definition) is 1. The highest BCUT2D eigenvalue weighted by Gasteiger charge is 2.35. The second-order valence-corrected chi connectivity index (χ2v) is 10.6. The van der Waals surface area contributed by atoms with Gasteiger partial charge in [-0.05, 0) is 49.6 Å². The predicted octanol–water partition coefficient (Wildman–Crippen LogP) is 3.03. The predicted molar refractivity (Wildman–Crippen MR) is 131 cm³/mol. The summed E-state index contributed by atoms with van der Waals surface area (Å²) in [5, 5.41) is 9.78. The number of methoxy groups -OCH3 is 1. The molecule has 1 aliphatic rings. The molecular weight excluding hydrogens is 466 g/mol. The smallest absolute Gasteiger partial charge is 0.214 e. The fourth-order valence-corrected chi connectivity index (χ4v) is 5.54. The van der Waals surface area contributed by atoms with E-state index in [-0.39, 0.29) is 11.8 Å². The van der Waals surface area contributed by atoms with Gasteiger partial charge in [-0.15, -0.1) is 0 Å². The molecule has 0 radical (unpaired) electrons. The number of aromatic nitrogens is 6. The summed E-state index contributed by atoms with van der Waals surface area (Å²) in [4.78, 5) is 9.09. The Labute approximate surface area is 201 Å². The van der Waals surface area contributed by atoms with Gasteiger partial charge >= 0.3 is 0 Å². The molecule has 0 saturated heterocycles. The second-order valence-electron chi connectivity index (χ2n) is 8.60. The molecule has 178 valence electrons. The van der Waals surface area contributed by atoms with Crippen LogP contribution in [0.1, 0.15) is 24.1 Å². The first kappa shape index (κ1) is 21.7. The molecule has 5 aromatic rings. The minimum atomic E-state index is -3.26. The van der Waals surface area contributed by atoms with Gasteiger partial charge in [-0.25, -0.2) is 27.3 Å². The highest BCUT2D eigenvalue weighted by molar-refractivity contribution is 7.90. The Balaban J connectivity index is 1.40. The first-order valence-electron chi connectivity index (χ1n) is 11.2. The van der Waals surface area contributed by atoms with Crippen molar-refractivity contribution in [3.63, 3.8) is 0 Å². The van der Waals surface area contributed by atoms with E-state index in [2.05, 4.69) is 19.8 Å². The highest BCUT2D eigenvalue weighted by Crippen LogP contribution is 2.32. The van der Waals surface area contributed by atoms with Gasteiger partial charge in [0.25, 0.3) is 0 Å². The maximum absolute atomic E-state index is 12.2. The van der Waals surface area contributed by atoms with Crippen molar-refractivity contribution in [1.82, 2.24) is 34.1 Å². The number of rotatable bonds is 7. The molecule has 0 amide bonds. The molecule has 11 heteroatoms. The van der Waals surface area contributed by atoms with E-state index < -0.39 is 10.0 Å². The number of hydrogen-bond acceptors (Lipinski definition) is 7. The molecule has 35 heavy (non-hydrogen) atoms. The SMILES string of the molecule is COc1cc(CNS(=O)(=O)C2CC2)ccc1-n1nc(C)c2cnc(-c3cnn4cccnc34)cc21. The summed E-state index contributed by atoms with van der Waals surface area (Å²) in [5.41, 5.74) is 5.53. The van der Waals surface area contributed by atoms with Crippen molar-refractivity contribution in [2.75, 3.05) is 7.11 Å². The Bertz CT molecular complexity index is 1690. The molecule has 10 nitrogen and oxygen atoms in total. The van der Waals surface area contributed by atoms with Crippen molar-refractivity contribution in [2.45, 2.75) is 31.6 Å².